The van der Waals surface area contributed by atoms with E-state index in [-0.39, 0.29) is 24.0 Å². The van der Waals surface area contributed by atoms with Gasteiger partial charge in [0.15, 0.2) is 5.96 Å². The second-order valence-corrected chi connectivity index (χ2v) is 6.53. The predicted molar refractivity (Wildman–Crippen MR) is 116 cm³/mol. The maximum absolute atomic E-state index is 5.93. The first-order chi connectivity index (χ1) is 12.3. The minimum Gasteiger partial charge on any atom is -0.370 e. The molecule has 6 nitrogen and oxygen atoms in total. The zero-order valence-electron chi connectivity index (χ0n) is 15.2. The number of guanidine groups is 1. The van der Waals surface area contributed by atoms with Gasteiger partial charge in [-0.15, -0.1) is 34.2 Å². The Labute approximate surface area is 172 Å². The Kier molecular flexibility index (Phi) is 8.87. The SMILES string of the molecule is I.NC(=NCCCc1nnc2n1CCCCC2)NCCc1ccccc1. The van der Waals surface area contributed by atoms with Gasteiger partial charge in [0.25, 0.3) is 0 Å². The van der Waals surface area contributed by atoms with E-state index in [0.717, 1.165) is 50.4 Å². The minimum absolute atomic E-state index is 0. The quantitative estimate of drug-likeness (QED) is 0.284. The van der Waals surface area contributed by atoms with Crippen LogP contribution in [0, 0.1) is 0 Å². The summed E-state index contributed by atoms with van der Waals surface area (Å²) in [4.78, 5) is 4.41. The van der Waals surface area contributed by atoms with Crippen molar-refractivity contribution in [1.29, 1.82) is 0 Å². The second-order valence-electron chi connectivity index (χ2n) is 6.53. The second kappa shape index (κ2) is 11.2. The highest BCUT2D eigenvalue weighted by Crippen LogP contribution is 2.15. The van der Waals surface area contributed by atoms with E-state index in [0.29, 0.717) is 12.5 Å². The van der Waals surface area contributed by atoms with Gasteiger partial charge in [0, 0.05) is 32.5 Å². The van der Waals surface area contributed by atoms with Crippen molar-refractivity contribution in [2.75, 3.05) is 13.1 Å². The van der Waals surface area contributed by atoms with Gasteiger partial charge in [-0.2, -0.15) is 0 Å². The lowest BCUT2D eigenvalue weighted by Crippen LogP contribution is -2.33. The largest absolute Gasteiger partial charge is 0.370 e. The Morgan fingerprint density at radius 2 is 1.96 bits per heavy atom. The lowest BCUT2D eigenvalue weighted by Gasteiger charge is -2.07. The monoisotopic (exact) mass is 468 g/mol. The predicted octanol–water partition coefficient (Wildman–Crippen LogP) is 2.70. The number of aliphatic imine (C=N–C) groups is 1. The lowest BCUT2D eigenvalue weighted by molar-refractivity contribution is 0.597. The van der Waals surface area contributed by atoms with Gasteiger partial charge in [0.1, 0.15) is 11.6 Å². The van der Waals surface area contributed by atoms with Crippen molar-refractivity contribution >= 4 is 29.9 Å². The number of aromatic nitrogens is 3. The Balaban J connectivity index is 0.00000243. The van der Waals surface area contributed by atoms with Crippen LogP contribution in [-0.4, -0.2) is 33.8 Å². The van der Waals surface area contributed by atoms with Gasteiger partial charge in [0.2, 0.25) is 0 Å². The molecule has 0 aliphatic carbocycles. The van der Waals surface area contributed by atoms with Crippen molar-refractivity contribution < 1.29 is 0 Å². The van der Waals surface area contributed by atoms with E-state index in [2.05, 4.69) is 49.3 Å². The Hall–Kier alpha value is -1.64. The number of aryl methyl sites for hydroxylation is 2. The average molecular weight is 468 g/mol. The van der Waals surface area contributed by atoms with Crippen molar-refractivity contribution in [2.45, 2.75) is 51.5 Å². The molecule has 0 saturated carbocycles. The molecular formula is C19H29IN6. The molecule has 0 radical (unpaired) electrons. The zero-order valence-corrected chi connectivity index (χ0v) is 17.6. The fourth-order valence-corrected chi connectivity index (χ4v) is 3.20. The molecule has 0 amide bonds. The Bertz CT molecular complexity index is 683. The van der Waals surface area contributed by atoms with Gasteiger partial charge >= 0.3 is 0 Å². The maximum atomic E-state index is 5.93. The molecule has 1 aromatic carbocycles. The molecule has 3 rings (SSSR count). The van der Waals surface area contributed by atoms with Crippen molar-refractivity contribution in [3.05, 3.63) is 47.5 Å². The van der Waals surface area contributed by atoms with Crippen LogP contribution < -0.4 is 11.1 Å². The van der Waals surface area contributed by atoms with Crippen LogP contribution in [0.25, 0.3) is 0 Å². The molecular weight excluding hydrogens is 439 g/mol. The van der Waals surface area contributed by atoms with Crippen molar-refractivity contribution in [2.24, 2.45) is 10.7 Å². The van der Waals surface area contributed by atoms with Crippen LogP contribution in [0.1, 0.15) is 42.9 Å². The summed E-state index contributed by atoms with van der Waals surface area (Å²) in [5.41, 5.74) is 7.24. The molecule has 7 heteroatoms. The number of fused-ring (bicyclic) bond motifs is 1. The number of nitrogens with two attached hydrogens (primary N) is 1. The van der Waals surface area contributed by atoms with Gasteiger partial charge in [-0.3, -0.25) is 4.99 Å². The van der Waals surface area contributed by atoms with E-state index in [1.54, 1.807) is 0 Å². The van der Waals surface area contributed by atoms with Crippen LogP contribution in [0.5, 0.6) is 0 Å². The van der Waals surface area contributed by atoms with Crippen molar-refractivity contribution in [3.63, 3.8) is 0 Å². The molecule has 2 heterocycles. The molecule has 142 valence electrons. The highest BCUT2D eigenvalue weighted by Gasteiger charge is 2.13. The fraction of sp³-hybridized carbons (Fsp3) is 0.526. The normalized spacial score (nSPS) is 14.2. The summed E-state index contributed by atoms with van der Waals surface area (Å²) in [6.07, 6.45) is 7.61. The highest BCUT2D eigenvalue weighted by molar-refractivity contribution is 14.0. The van der Waals surface area contributed by atoms with Crippen molar-refractivity contribution in [1.82, 2.24) is 20.1 Å². The van der Waals surface area contributed by atoms with Crippen molar-refractivity contribution in [3.8, 4) is 0 Å². The molecule has 26 heavy (non-hydrogen) atoms. The molecule has 1 aliphatic rings. The molecule has 0 atom stereocenters. The number of rotatable bonds is 7. The average Bonchev–Trinajstić information content (AvgIpc) is 2.86. The molecule has 0 saturated heterocycles. The Morgan fingerprint density at radius 3 is 2.81 bits per heavy atom. The highest BCUT2D eigenvalue weighted by atomic mass is 127. The van der Waals surface area contributed by atoms with E-state index < -0.39 is 0 Å². The number of benzene rings is 1. The van der Waals surface area contributed by atoms with Crippen LogP contribution in [0.3, 0.4) is 0 Å². The van der Waals surface area contributed by atoms with E-state index in [9.17, 15) is 0 Å². The summed E-state index contributed by atoms with van der Waals surface area (Å²) < 4.78 is 2.30. The minimum atomic E-state index is 0. The molecule has 0 bridgehead atoms. The Morgan fingerprint density at radius 1 is 1.12 bits per heavy atom. The summed E-state index contributed by atoms with van der Waals surface area (Å²) in [6, 6.07) is 10.4. The summed E-state index contributed by atoms with van der Waals surface area (Å²) in [5, 5.41) is 11.9. The zero-order chi connectivity index (χ0) is 17.3. The van der Waals surface area contributed by atoms with Gasteiger partial charge < -0.3 is 15.6 Å². The van der Waals surface area contributed by atoms with Gasteiger partial charge in [-0.25, -0.2) is 0 Å². The summed E-state index contributed by atoms with van der Waals surface area (Å²) in [5.74, 6) is 2.77. The number of nitrogens with one attached hydrogen (secondary N) is 1. The first-order valence-electron chi connectivity index (χ1n) is 9.31. The van der Waals surface area contributed by atoms with Crippen LogP contribution in [-0.2, 0) is 25.8 Å². The van der Waals surface area contributed by atoms with Gasteiger partial charge in [0.05, 0.1) is 0 Å². The number of nitrogens with zero attached hydrogens (tertiary/aromatic N) is 4. The third-order valence-corrected chi connectivity index (χ3v) is 4.59. The van der Waals surface area contributed by atoms with Crippen LogP contribution in [0.2, 0.25) is 0 Å². The van der Waals surface area contributed by atoms with E-state index in [4.69, 9.17) is 5.73 Å². The smallest absolute Gasteiger partial charge is 0.188 e. The third kappa shape index (κ3) is 6.26. The third-order valence-electron chi connectivity index (χ3n) is 4.59. The van der Waals surface area contributed by atoms with E-state index in [1.807, 2.05) is 6.07 Å². The van der Waals surface area contributed by atoms with Gasteiger partial charge in [-0.05, 0) is 31.2 Å². The number of halogens is 1. The topological polar surface area (TPSA) is 81.1 Å². The van der Waals surface area contributed by atoms with Crippen LogP contribution in [0.4, 0.5) is 0 Å². The van der Waals surface area contributed by atoms with Crippen LogP contribution >= 0.6 is 24.0 Å². The maximum Gasteiger partial charge on any atom is 0.188 e. The molecule has 2 aromatic rings. The first-order valence-corrected chi connectivity index (χ1v) is 9.31. The lowest BCUT2D eigenvalue weighted by atomic mass is 10.1. The summed E-state index contributed by atoms with van der Waals surface area (Å²) in [7, 11) is 0. The first kappa shape index (κ1) is 20.7. The van der Waals surface area contributed by atoms with Crippen LogP contribution in [0.15, 0.2) is 35.3 Å². The molecule has 0 spiro atoms. The number of hydrogen-bond donors (Lipinski definition) is 2. The van der Waals surface area contributed by atoms with Gasteiger partial charge in [-0.1, -0.05) is 36.8 Å². The molecule has 0 unspecified atom stereocenters. The fourth-order valence-electron chi connectivity index (χ4n) is 3.20. The standard InChI is InChI=1S/C19H28N6.HI/c20-19(22-14-12-16-8-3-1-4-9-16)21-13-7-11-18-24-23-17-10-5-2-6-15-25(17)18;/h1,3-4,8-9H,2,5-7,10-15H2,(H3,20,21,22);1H. The molecule has 1 aromatic heterocycles. The van der Waals surface area contributed by atoms with E-state index >= 15 is 0 Å². The molecule has 0 fully saturated rings. The molecule has 3 N–H and O–H groups in total. The molecule has 1 aliphatic heterocycles. The van der Waals surface area contributed by atoms with E-state index in [1.165, 1.54) is 24.8 Å². The number of hydrogen-bond acceptors (Lipinski definition) is 3. The summed E-state index contributed by atoms with van der Waals surface area (Å²) in [6.45, 7) is 2.58. The summed E-state index contributed by atoms with van der Waals surface area (Å²) >= 11 is 0.